The van der Waals surface area contributed by atoms with Crippen LogP contribution >= 0.6 is 0 Å². The van der Waals surface area contributed by atoms with Crippen molar-refractivity contribution in [2.24, 2.45) is 0 Å². The molecule has 0 saturated carbocycles. The van der Waals surface area contributed by atoms with E-state index in [1.165, 1.54) is 22.7 Å². The second kappa shape index (κ2) is 12.0. The molecule has 4 rings (SSSR count). The van der Waals surface area contributed by atoms with Crippen molar-refractivity contribution >= 4 is 15.9 Å². The van der Waals surface area contributed by atoms with Crippen molar-refractivity contribution in [1.29, 1.82) is 0 Å². The van der Waals surface area contributed by atoms with Crippen molar-refractivity contribution in [3.8, 4) is 5.75 Å². The van der Waals surface area contributed by atoms with Crippen LogP contribution in [0, 0.1) is 0 Å². The van der Waals surface area contributed by atoms with Gasteiger partial charge in [0.2, 0.25) is 15.9 Å². The third-order valence-electron chi connectivity index (χ3n) is 6.67. The van der Waals surface area contributed by atoms with Gasteiger partial charge in [-0.15, -0.1) is 0 Å². The van der Waals surface area contributed by atoms with E-state index in [-0.39, 0.29) is 17.2 Å². The number of methoxy groups -OCH3 is 1. The Labute approximate surface area is 208 Å². The van der Waals surface area contributed by atoms with E-state index in [2.05, 4.69) is 22.3 Å². The number of aryl methyl sites for hydroxylation is 1. The highest BCUT2D eigenvalue weighted by molar-refractivity contribution is 7.89. The zero-order valence-electron chi connectivity index (χ0n) is 20.4. The number of carbonyl (C=O) groups excluding carboxylic acids is 1. The maximum atomic E-state index is 13.0. The van der Waals surface area contributed by atoms with Gasteiger partial charge in [-0.1, -0.05) is 24.3 Å². The summed E-state index contributed by atoms with van der Waals surface area (Å²) in [4.78, 5) is 15.3. The molecule has 0 aliphatic carbocycles. The van der Waals surface area contributed by atoms with E-state index in [0.29, 0.717) is 50.6 Å². The standard InChI is InChI=1S/C26H35N3O5S/c1-33-25-10-9-24(35(31,32)29-14-16-34-17-15-29)18-21(25)8-11-26(30)27-19-22-6-2-3-7-23(22)20-28-12-4-5-13-28/h2-3,6-7,9-10,18H,4-5,8,11-17,19-20H2,1H3,(H,27,30). The lowest BCUT2D eigenvalue weighted by Crippen LogP contribution is -2.40. The van der Waals surface area contributed by atoms with Gasteiger partial charge in [-0.2, -0.15) is 4.31 Å². The van der Waals surface area contributed by atoms with Gasteiger partial charge in [0.1, 0.15) is 5.75 Å². The van der Waals surface area contributed by atoms with Crippen LogP contribution in [0.5, 0.6) is 5.75 Å². The van der Waals surface area contributed by atoms with Crippen LogP contribution in [0.25, 0.3) is 0 Å². The molecule has 0 atom stereocenters. The van der Waals surface area contributed by atoms with Crippen LogP contribution in [0.2, 0.25) is 0 Å². The smallest absolute Gasteiger partial charge is 0.243 e. The molecule has 0 radical (unpaired) electrons. The van der Waals surface area contributed by atoms with Gasteiger partial charge in [0, 0.05) is 32.6 Å². The minimum atomic E-state index is -3.62. The number of nitrogens with one attached hydrogen (secondary N) is 1. The Hall–Kier alpha value is -2.46. The molecule has 190 valence electrons. The highest BCUT2D eigenvalue weighted by atomic mass is 32.2. The molecule has 2 heterocycles. The summed E-state index contributed by atoms with van der Waals surface area (Å²) in [6.07, 6.45) is 3.12. The summed E-state index contributed by atoms with van der Waals surface area (Å²) < 4.78 is 38.2. The monoisotopic (exact) mass is 501 g/mol. The molecule has 2 aliphatic heterocycles. The average Bonchev–Trinajstić information content (AvgIpc) is 3.40. The molecule has 1 amide bonds. The highest BCUT2D eigenvalue weighted by Crippen LogP contribution is 2.26. The molecule has 35 heavy (non-hydrogen) atoms. The molecule has 2 aromatic rings. The molecule has 0 aromatic heterocycles. The fourth-order valence-electron chi connectivity index (χ4n) is 4.64. The number of nitrogens with zero attached hydrogens (tertiary/aromatic N) is 2. The van der Waals surface area contributed by atoms with Gasteiger partial charge in [0.05, 0.1) is 25.2 Å². The van der Waals surface area contributed by atoms with Crippen LogP contribution in [0.4, 0.5) is 0 Å². The Morgan fingerprint density at radius 2 is 1.71 bits per heavy atom. The van der Waals surface area contributed by atoms with Gasteiger partial charge < -0.3 is 14.8 Å². The molecule has 8 nitrogen and oxygen atoms in total. The lowest BCUT2D eigenvalue weighted by Gasteiger charge is -2.26. The summed E-state index contributed by atoms with van der Waals surface area (Å²) in [5.74, 6) is 0.499. The summed E-state index contributed by atoms with van der Waals surface area (Å²) >= 11 is 0. The Balaban J connectivity index is 1.37. The number of ether oxygens (including phenoxy) is 2. The topological polar surface area (TPSA) is 88.2 Å². The number of hydrogen-bond donors (Lipinski definition) is 1. The first-order valence-corrected chi connectivity index (χ1v) is 13.7. The quantitative estimate of drug-likeness (QED) is 0.538. The molecule has 2 fully saturated rings. The fraction of sp³-hybridized carbons (Fsp3) is 0.500. The van der Waals surface area contributed by atoms with Crippen molar-refractivity contribution in [2.45, 2.75) is 43.7 Å². The minimum Gasteiger partial charge on any atom is -0.496 e. The van der Waals surface area contributed by atoms with Gasteiger partial charge in [-0.3, -0.25) is 9.69 Å². The van der Waals surface area contributed by atoms with Crippen LogP contribution in [-0.4, -0.2) is 70.0 Å². The van der Waals surface area contributed by atoms with Gasteiger partial charge in [0.25, 0.3) is 0 Å². The predicted octanol–water partition coefficient (Wildman–Crippen LogP) is 2.56. The first kappa shape index (κ1) is 25.6. The summed E-state index contributed by atoms with van der Waals surface area (Å²) in [6, 6.07) is 13.1. The minimum absolute atomic E-state index is 0.0792. The van der Waals surface area contributed by atoms with Crippen LogP contribution < -0.4 is 10.1 Å². The average molecular weight is 502 g/mol. The number of morpholine rings is 1. The molecule has 2 aliphatic rings. The number of benzene rings is 2. The third kappa shape index (κ3) is 6.61. The molecular weight excluding hydrogens is 466 g/mol. The fourth-order valence-corrected chi connectivity index (χ4v) is 6.10. The predicted molar refractivity (Wildman–Crippen MR) is 134 cm³/mol. The van der Waals surface area contributed by atoms with Gasteiger partial charge in [0.15, 0.2) is 0 Å². The number of hydrogen-bond acceptors (Lipinski definition) is 6. The molecule has 9 heteroatoms. The first-order valence-electron chi connectivity index (χ1n) is 12.3. The van der Waals surface area contributed by atoms with Crippen LogP contribution in [0.15, 0.2) is 47.4 Å². The van der Waals surface area contributed by atoms with Crippen molar-refractivity contribution in [3.63, 3.8) is 0 Å². The van der Waals surface area contributed by atoms with Crippen molar-refractivity contribution in [3.05, 3.63) is 59.2 Å². The van der Waals surface area contributed by atoms with Gasteiger partial charge in [-0.05, 0) is 67.2 Å². The van der Waals surface area contributed by atoms with Crippen LogP contribution in [0.3, 0.4) is 0 Å². The van der Waals surface area contributed by atoms with Crippen molar-refractivity contribution < 1.29 is 22.7 Å². The zero-order chi connectivity index (χ0) is 24.7. The molecule has 0 bridgehead atoms. The first-order chi connectivity index (χ1) is 17.0. The van der Waals surface area contributed by atoms with E-state index in [9.17, 15) is 13.2 Å². The molecule has 1 N–H and O–H groups in total. The van der Waals surface area contributed by atoms with E-state index in [4.69, 9.17) is 9.47 Å². The molecule has 2 aromatic carbocycles. The molecular formula is C26H35N3O5S. The van der Waals surface area contributed by atoms with E-state index >= 15 is 0 Å². The second-order valence-corrected chi connectivity index (χ2v) is 11.0. The van der Waals surface area contributed by atoms with E-state index in [1.807, 2.05) is 12.1 Å². The van der Waals surface area contributed by atoms with Crippen molar-refractivity contribution in [1.82, 2.24) is 14.5 Å². The molecule has 2 saturated heterocycles. The molecule has 0 unspecified atom stereocenters. The second-order valence-electron chi connectivity index (χ2n) is 9.02. The van der Waals surface area contributed by atoms with E-state index in [1.54, 1.807) is 25.3 Å². The van der Waals surface area contributed by atoms with E-state index in [0.717, 1.165) is 25.2 Å². The maximum Gasteiger partial charge on any atom is 0.243 e. The van der Waals surface area contributed by atoms with Crippen LogP contribution in [-0.2, 0) is 39.1 Å². The summed E-state index contributed by atoms with van der Waals surface area (Å²) in [5, 5.41) is 3.03. The third-order valence-corrected chi connectivity index (χ3v) is 8.56. The number of rotatable bonds is 10. The maximum absolute atomic E-state index is 13.0. The largest absolute Gasteiger partial charge is 0.496 e. The number of likely N-dealkylation sites (tertiary alicyclic amines) is 1. The van der Waals surface area contributed by atoms with Crippen molar-refractivity contribution in [2.75, 3.05) is 46.5 Å². The summed E-state index contributed by atoms with van der Waals surface area (Å²) in [6.45, 7) is 5.11. The van der Waals surface area contributed by atoms with E-state index < -0.39 is 10.0 Å². The Bertz CT molecular complexity index is 1110. The Morgan fingerprint density at radius 3 is 2.43 bits per heavy atom. The lowest BCUT2D eigenvalue weighted by atomic mass is 10.1. The molecule has 0 spiro atoms. The number of amides is 1. The van der Waals surface area contributed by atoms with Gasteiger partial charge >= 0.3 is 0 Å². The summed E-state index contributed by atoms with van der Waals surface area (Å²) in [5.41, 5.74) is 3.08. The zero-order valence-corrected chi connectivity index (χ0v) is 21.2. The Kier molecular flexibility index (Phi) is 8.78. The van der Waals surface area contributed by atoms with Gasteiger partial charge in [-0.25, -0.2) is 8.42 Å². The lowest BCUT2D eigenvalue weighted by molar-refractivity contribution is -0.121. The highest BCUT2D eigenvalue weighted by Gasteiger charge is 2.27. The van der Waals surface area contributed by atoms with Crippen LogP contribution in [0.1, 0.15) is 36.0 Å². The summed E-state index contributed by atoms with van der Waals surface area (Å²) in [7, 11) is -2.07. The Morgan fingerprint density at radius 1 is 1.00 bits per heavy atom. The number of sulfonamides is 1. The number of carbonyl (C=O) groups is 1. The SMILES string of the molecule is COc1ccc(S(=O)(=O)N2CCOCC2)cc1CCC(=O)NCc1ccccc1CN1CCCC1. The normalized spacial score (nSPS) is 17.4.